The number of thioether (sulfide) groups is 1. The van der Waals surface area contributed by atoms with Crippen molar-refractivity contribution in [3.8, 4) is 0 Å². The predicted molar refractivity (Wildman–Crippen MR) is 80.9 cm³/mol. The lowest BCUT2D eigenvalue weighted by Gasteiger charge is -2.09. The summed E-state index contributed by atoms with van der Waals surface area (Å²) in [6.07, 6.45) is 3.84. The zero-order valence-corrected chi connectivity index (χ0v) is 11.7. The summed E-state index contributed by atoms with van der Waals surface area (Å²) in [5.41, 5.74) is 2.36. The van der Waals surface area contributed by atoms with E-state index in [1.165, 1.54) is 5.56 Å². The Morgan fingerprint density at radius 1 is 1.42 bits per heavy atom. The Morgan fingerprint density at radius 2 is 2.37 bits per heavy atom. The highest BCUT2D eigenvalue weighted by atomic mass is 32.2. The van der Waals surface area contributed by atoms with Gasteiger partial charge in [-0.2, -0.15) is 0 Å². The van der Waals surface area contributed by atoms with Crippen LogP contribution < -0.4 is 5.32 Å². The first-order valence-electron chi connectivity index (χ1n) is 6.32. The topological polar surface area (TPSA) is 42.2 Å². The van der Waals surface area contributed by atoms with Crippen molar-refractivity contribution in [2.75, 3.05) is 17.6 Å². The number of amidine groups is 1. The van der Waals surface area contributed by atoms with Gasteiger partial charge in [-0.25, -0.2) is 4.98 Å². The summed E-state index contributed by atoms with van der Waals surface area (Å²) in [5.74, 6) is 2.12. The molecule has 0 amide bonds. The SMILES string of the molecule is Cc1nccn1Cc1cccc(NC2=NCCS2)c1. The van der Waals surface area contributed by atoms with Crippen LogP contribution >= 0.6 is 11.8 Å². The van der Waals surface area contributed by atoms with E-state index in [1.807, 2.05) is 19.3 Å². The lowest BCUT2D eigenvalue weighted by molar-refractivity contribution is 0.762. The Morgan fingerprint density at radius 3 is 3.11 bits per heavy atom. The van der Waals surface area contributed by atoms with E-state index in [0.29, 0.717) is 0 Å². The maximum atomic E-state index is 4.40. The van der Waals surface area contributed by atoms with E-state index >= 15 is 0 Å². The molecule has 1 aromatic carbocycles. The fourth-order valence-electron chi connectivity index (χ4n) is 2.05. The number of aromatic nitrogens is 2. The maximum absolute atomic E-state index is 4.40. The fraction of sp³-hybridized carbons (Fsp3) is 0.286. The number of rotatable bonds is 3. The number of nitrogens with zero attached hydrogens (tertiary/aromatic N) is 3. The highest BCUT2D eigenvalue weighted by Crippen LogP contribution is 2.17. The third kappa shape index (κ3) is 2.98. The molecular weight excluding hydrogens is 256 g/mol. The zero-order chi connectivity index (χ0) is 13.1. The zero-order valence-electron chi connectivity index (χ0n) is 10.8. The molecule has 3 rings (SSSR count). The van der Waals surface area contributed by atoms with E-state index in [-0.39, 0.29) is 0 Å². The van der Waals surface area contributed by atoms with Crippen molar-refractivity contribution in [2.24, 2.45) is 4.99 Å². The molecule has 0 fully saturated rings. The number of imidazole rings is 1. The second kappa shape index (κ2) is 5.48. The molecule has 4 nitrogen and oxygen atoms in total. The van der Waals surface area contributed by atoms with Crippen LogP contribution in [-0.2, 0) is 6.54 Å². The molecule has 0 bridgehead atoms. The molecule has 0 atom stereocenters. The molecular formula is C14H16N4S. The summed E-state index contributed by atoms with van der Waals surface area (Å²) in [6, 6.07) is 8.45. The molecule has 0 unspecified atom stereocenters. The molecule has 98 valence electrons. The summed E-state index contributed by atoms with van der Waals surface area (Å²) < 4.78 is 2.14. The minimum Gasteiger partial charge on any atom is -0.335 e. The van der Waals surface area contributed by atoms with Crippen LogP contribution in [0.25, 0.3) is 0 Å². The summed E-state index contributed by atoms with van der Waals surface area (Å²) >= 11 is 1.77. The molecule has 19 heavy (non-hydrogen) atoms. The fourth-order valence-corrected chi connectivity index (χ4v) is 2.80. The number of benzene rings is 1. The molecule has 2 heterocycles. The van der Waals surface area contributed by atoms with Crippen molar-refractivity contribution in [1.29, 1.82) is 0 Å². The first kappa shape index (κ1) is 12.3. The Bertz CT molecular complexity index is 603. The first-order chi connectivity index (χ1) is 9.31. The van der Waals surface area contributed by atoms with E-state index in [9.17, 15) is 0 Å². The smallest absolute Gasteiger partial charge is 0.161 e. The molecule has 0 spiro atoms. The van der Waals surface area contributed by atoms with Gasteiger partial charge >= 0.3 is 0 Å². The van der Waals surface area contributed by atoms with Crippen molar-refractivity contribution in [3.05, 3.63) is 48.0 Å². The summed E-state index contributed by atoms with van der Waals surface area (Å²) in [5, 5.41) is 4.39. The Kier molecular flexibility index (Phi) is 3.55. The first-order valence-corrected chi connectivity index (χ1v) is 7.31. The van der Waals surface area contributed by atoms with Crippen LogP contribution in [0.3, 0.4) is 0 Å². The Hall–Kier alpha value is -1.75. The Balaban J connectivity index is 1.74. The Labute approximate surface area is 117 Å². The normalized spacial score (nSPS) is 14.5. The lowest BCUT2D eigenvalue weighted by atomic mass is 10.2. The molecule has 0 saturated heterocycles. The van der Waals surface area contributed by atoms with E-state index in [0.717, 1.165) is 35.5 Å². The molecule has 5 heteroatoms. The van der Waals surface area contributed by atoms with Crippen LogP contribution in [0.15, 0.2) is 41.7 Å². The van der Waals surface area contributed by atoms with Crippen molar-refractivity contribution < 1.29 is 0 Å². The second-order valence-electron chi connectivity index (χ2n) is 4.46. The van der Waals surface area contributed by atoms with Gasteiger partial charge in [0.2, 0.25) is 0 Å². The summed E-state index contributed by atoms with van der Waals surface area (Å²) in [6.45, 7) is 3.79. The van der Waals surface area contributed by atoms with Gasteiger partial charge in [0.05, 0.1) is 6.54 Å². The minimum atomic E-state index is 0.848. The van der Waals surface area contributed by atoms with Crippen LogP contribution in [0, 0.1) is 6.92 Å². The number of hydrogen-bond donors (Lipinski definition) is 1. The van der Waals surface area contributed by atoms with Crippen molar-refractivity contribution >= 4 is 22.6 Å². The third-order valence-corrected chi connectivity index (χ3v) is 3.93. The highest BCUT2D eigenvalue weighted by molar-refractivity contribution is 8.14. The van der Waals surface area contributed by atoms with Crippen molar-refractivity contribution in [3.63, 3.8) is 0 Å². The van der Waals surface area contributed by atoms with Gasteiger partial charge in [-0.05, 0) is 24.6 Å². The van der Waals surface area contributed by atoms with Gasteiger partial charge in [0.15, 0.2) is 5.17 Å². The molecule has 2 aromatic rings. The van der Waals surface area contributed by atoms with E-state index in [2.05, 4.69) is 44.1 Å². The largest absolute Gasteiger partial charge is 0.335 e. The van der Waals surface area contributed by atoms with Gasteiger partial charge in [0.25, 0.3) is 0 Å². The lowest BCUT2D eigenvalue weighted by Crippen LogP contribution is -2.06. The molecule has 1 aliphatic rings. The molecule has 1 aromatic heterocycles. The summed E-state index contributed by atoms with van der Waals surface area (Å²) in [4.78, 5) is 8.65. The van der Waals surface area contributed by atoms with Crippen LogP contribution in [0.5, 0.6) is 0 Å². The van der Waals surface area contributed by atoms with Crippen molar-refractivity contribution in [1.82, 2.24) is 9.55 Å². The van der Waals surface area contributed by atoms with Gasteiger partial charge in [-0.1, -0.05) is 23.9 Å². The van der Waals surface area contributed by atoms with E-state index in [4.69, 9.17) is 0 Å². The minimum absolute atomic E-state index is 0.848. The van der Waals surface area contributed by atoms with Crippen LogP contribution in [0.1, 0.15) is 11.4 Å². The van der Waals surface area contributed by atoms with E-state index < -0.39 is 0 Å². The molecule has 1 aliphatic heterocycles. The number of hydrogen-bond acceptors (Lipinski definition) is 4. The monoisotopic (exact) mass is 272 g/mol. The van der Waals surface area contributed by atoms with Crippen LogP contribution in [0.4, 0.5) is 5.69 Å². The number of aryl methyl sites for hydroxylation is 1. The third-order valence-electron chi connectivity index (χ3n) is 3.04. The van der Waals surface area contributed by atoms with E-state index in [1.54, 1.807) is 11.8 Å². The quantitative estimate of drug-likeness (QED) is 0.934. The van der Waals surface area contributed by atoms with Crippen molar-refractivity contribution in [2.45, 2.75) is 13.5 Å². The molecule has 1 N–H and O–H groups in total. The van der Waals surface area contributed by atoms with Gasteiger partial charge < -0.3 is 9.88 Å². The average Bonchev–Trinajstić information content (AvgIpc) is 3.03. The number of nitrogens with one attached hydrogen (secondary N) is 1. The standard InChI is InChI=1S/C14H16N4S/c1-11-15-5-7-18(11)10-12-3-2-4-13(9-12)17-14-16-6-8-19-14/h2-5,7,9H,6,8,10H2,1H3,(H,16,17). The number of anilines is 1. The van der Waals surface area contributed by atoms with Gasteiger partial charge in [0, 0.05) is 30.4 Å². The maximum Gasteiger partial charge on any atom is 0.161 e. The molecule has 0 aliphatic carbocycles. The highest BCUT2D eigenvalue weighted by Gasteiger charge is 2.07. The molecule has 0 radical (unpaired) electrons. The second-order valence-corrected chi connectivity index (χ2v) is 5.55. The summed E-state index contributed by atoms with van der Waals surface area (Å²) in [7, 11) is 0. The number of aliphatic imine (C=N–C) groups is 1. The molecule has 0 saturated carbocycles. The average molecular weight is 272 g/mol. The predicted octanol–water partition coefficient (Wildman–Crippen LogP) is 2.75. The van der Waals surface area contributed by atoms with Crippen LogP contribution in [-0.4, -0.2) is 27.0 Å². The van der Waals surface area contributed by atoms with Gasteiger partial charge in [-0.15, -0.1) is 0 Å². The van der Waals surface area contributed by atoms with Gasteiger partial charge in [-0.3, -0.25) is 4.99 Å². The van der Waals surface area contributed by atoms with Crippen LogP contribution in [0.2, 0.25) is 0 Å². The van der Waals surface area contributed by atoms with Gasteiger partial charge in [0.1, 0.15) is 5.82 Å².